The molecule has 4 rings (SSSR count). The number of amides is 1. The van der Waals surface area contributed by atoms with Gasteiger partial charge in [0.05, 0.1) is 12.1 Å². The van der Waals surface area contributed by atoms with Crippen LogP contribution in [-0.4, -0.2) is 94.2 Å². The maximum absolute atomic E-state index is 13.5. The highest BCUT2D eigenvalue weighted by Gasteiger charge is 2.49. The quantitative estimate of drug-likeness (QED) is 0.282. The second-order valence-corrected chi connectivity index (χ2v) is 12.4. The van der Waals surface area contributed by atoms with Gasteiger partial charge in [-0.15, -0.1) is 11.8 Å². The van der Waals surface area contributed by atoms with Crippen LogP contribution < -0.4 is 16.4 Å². The number of hydrogen-bond acceptors (Lipinski definition) is 9. The van der Waals surface area contributed by atoms with Crippen molar-refractivity contribution in [2.75, 3.05) is 19.7 Å². The molecule has 0 aromatic carbocycles. The molecule has 4 aliphatic heterocycles. The fraction of sp³-hybridized carbons (Fsp3) is 0.880. The molecule has 7 N–H and O–H groups in total. The zero-order chi connectivity index (χ0) is 25.1. The Hall–Kier alpha value is -0.720. The second kappa shape index (κ2) is 12.2. The van der Waals surface area contributed by atoms with Gasteiger partial charge in [-0.2, -0.15) is 0 Å². The van der Waals surface area contributed by atoms with Gasteiger partial charge >= 0.3 is 0 Å². The third-order valence-corrected chi connectivity index (χ3v) is 9.26. The van der Waals surface area contributed by atoms with Gasteiger partial charge in [-0.25, -0.2) is 0 Å². The molecule has 0 saturated carbocycles. The monoisotopic (exact) mass is 513 g/mol. The van der Waals surface area contributed by atoms with Gasteiger partial charge in [-0.05, 0) is 49.9 Å². The molecular weight excluding hydrogens is 470 g/mol. The van der Waals surface area contributed by atoms with Crippen molar-refractivity contribution in [1.29, 1.82) is 0 Å². The molecule has 35 heavy (non-hydrogen) atoms. The Balaban J connectivity index is 1.46. The fourth-order valence-corrected chi connectivity index (χ4v) is 7.25. The molecule has 0 spiro atoms. The van der Waals surface area contributed by atoms with Crippen LogP contribution in [0, 0.1) is 17.8 Å². The van der Waals surface area contributed by atoms with Crippen LogP contribution in [0.3, 0.4) is 0 Å². The number of hydrogen-bond donors (Lipinski definition) is 6. The van der Waals surface area contributed by atoms with Crippen LogP contribution in [0.25, 0.3) is 0 Å². The van der Waals surface area contributed by atoms with E-state index >= 15 is 0 Å². The van der Waals surface area contributed by atoms with Crippen molar-refractivity contribution in [2.45, 2.75) is 99.2 Å². The lowest BCUT2D eigenvalue weighted by Crippen LogP contribution is -2.64. The Morgan fingerprint density at radius 2 is 1.94 bits per heavy atom. The molecule has 3 saturated heterocycles. The van der Waals surface area contributed by atoms with Gasteiger partial charge in [0.2, 0.25) is 5.91 Å². The Morgan fingerprint density at radius 3 is 2.69 bits per heavy atom. The maximum atomic E-state index is 13.5. The van der Waals surface area contributed by atoms with Crippen LogP contribution in [0.1, 0.15) is 46.0 Å². The highest BCUT2D eigenvalue weighted by molar-refractivity contribution is 8.00. The van der Waals surface area contributed by atoms with E-state index in [4.69, 9.17) is 15.2 Å². The van der Waals surface area contributed by atoms with E-state index in [0.717, 1.165) is 19.4 Å². The molecule has 0 aromatic rings. The lowest BCUT2D eigenvalue weighted by atomic mass is 9.85. The molecule has 200 valence electrons. The molecule has 9 nitrogen and oxygen atoms in total. The van der Waals surface area contributed by atoms with E-state index in [9.17, 15) is 20.1 Å². The molecule has 10 heteroatoms. The third kappa shape index (κ3) is 6.41. The average molecular weight is 514 g/mol. The minimum Gasteiger partial charge on any atom is -0.388 e. The van der Waals surface area contributed by atoms with Crippen LogP contribution in [-0.2, 0) is 14.3 Å². The smallest absolute Gasteiger partial charge is 0.240 e. The number of carbonyl (C=O) groups is 1. The number of carbonyl (C=O) groups excluding carboxylic acids is 1. The van der Waals surface area contributed by atoms with E-state index in [2.05, 4.69) is 24.5 Å². The Bertz CT molecular complexity index is 742. The van der Waals surface area contributed by atoms with Crippen molar-refractivity contribution in [3.63, 3.8) is 0 Å². The first-order valence-electron chi connectivity index (χ1n) is 13.1. The predicted molar refractivity (Wildman–Crippen MR) is 135 cm³/mol. The van der Waals surface area contributed by atoms with E-state index in [1.807, 2.05) is 12.2 Å². The first-order valence-corrected chi connectivity index (χ1v) is 14.1. The normalized spacial score (nSPS) is 45.4. The second-order valence-electron chi connectivity index (χ2n) is 11.0. The molecule has 11 atom stereocenters. The number of nitrogens with one attached hydrogen (secondary N) is 2. The Kier molecular flexibility index (Phi) is 9.53. The van der Waals surface area contributed by atoms with Crippen LogP contribution in [0.4, 0.5) is 0 Å². The maximum Gasteiger partial charge on any atom is 0.240 e. The number of nitrogens with two attached hydrogens (primary N) is 1. The summed E-state index contributed by atoms with van der Waals surface area (Å²) in [6.45, 7) is 6.30. The van der Waals surface area contributed by atoms with Crippen molar-refractivity contribution < 1.29 is 29.6 Å². The van der Waals surface area contributed by atoms with Gasteiger partial charge in [0.25, 0.3) is 0 Å². The standard InChI is InChI=1S/C25H43N3O6S/c1-13(2)9-14-7-8-33-22-15(10-14)12-27-18(22)24(32)28-17-6-4-3-5-16(11-26)35-25-21(31)19(29)20(30)23(17)34-25/h3-4,13-23,25,27,29-31H,5-12,26H2,1-2H3,(H,28,32)/b4-3-/t14-,15-,16+,17+,18-,19-,20+,21+,22+,23+,25+/m0/s1. The molecule has 1 amide bonds. The molecule has 0 unspecified atom stereocenters. The van der Waals surface area contributed by atoms with Gasteiger partial charge in [0.15, 0.2) is 0 Å². The average Bonchev–Trinajstić information content (AvgIpc) is 3.11. The number of aliphatic hydroxyl groups excluding tert-OH is 3. The third-order valence-electron chi connectivity index (χ3n) is 7.83. The number of allylic oxidation sites excluding steroid dienone is 1. The molecule has 0 aromatic heterocycles. The molecule has 4 aliphatic rings. The van der Waals surface area contributed by atoms with Gasteiger partial charge in [0, 0.05) is 24.9 Å². The molecule has 2 bridgehead atoms. The summed E-state index contributed by atoms with van der Waals surface area (Å²) in [7, 11) is 0. The van der Waals surface area contributed by atoms with Crippen molar-refractivity contribution in [1.82, 2.24) is 10.6 Å². The largest absolute Gasteiger partial charge is 0.388 e. The molecule has 0 radical (unpaired) electrons. The highest BCUT2D eigenvalue weighted by atomic mass is 32.2. The van der Waals surface area contributed by atoms with E-state index in [-0.39, 0.29) is 17.3 Å². The summed E-state index contributed by atoms with van der Waals surface area (Å²) in [5.41, 5.74) is 5.13. The van der Waals surface area contributed by atoms with Crippen LogP contribution in [0.15, 0.2) is 12.2 Å². The van der Waals surface area contributed by atoms with Crippen LogP contribution >= 0.6 is 11.8 Å². The summed E-state index contributed by atoms with van der Waals surface area (Å²) in [6.07, 6.45) is 3.39. The van der Waals surface area contributed by atoms with E-state index < -0.39 is 41.9 Å². The topological polar surface area (TPSA) is 146 Å². The van der Waals surface area contributed by atoms with Crippen molar-refractivity contribution in [2.24, 2.45) is 23.5 Å². The summed E-state index contributed by atoms with van der Waals surface area (Å²) in [6, 6.07) is -1.03. The van der Waals surface area contributed by atoms with Gasteiger partial charge in [-0.3, -0.25) is 4.79 Å². The number of fused-ring (bicyclic) bond motifs is 3. The lowest BCUT2D eigenvalue weighted by molar-refractivity contribution is -0.205. The van der Waals surface area contributed by atoms with Crippen molar-refractivity contribution in [3.8, 4) is 0 Å². The highest BCUT2D eigenvalue weighted by Crippen LogP contribution is 2.36. The van der Waals surface area contributed by atoms with E-state index in [1.54, 1.807) is 0 Å². The SMILES string of the molecule is CC(C)C[C@@H]1CCO[C@@H]2[C@H](CN[C@@H]2C(=O)N[C@@H]2C/C=C\C[C@H](CN)S[C@H]3O[C@H]2[C@H](O)[C@H](O)[C@H]3O)C1. The Labute approximate surface area is 212 Å². The number of thioether (sulfide) groups is 1. The summed E-state index contributed by atoms with van der Waals surface area (Å²) in [5, 5.41) is 38.3. The minimum atomic E-state index is -1.37. The first-order chi connectivity index (χ1) is 16.8. The van der Waals surface area contributed by atoms with Crippen LogP contribution in [0.5, 0.6) is 0 Å². The fourth-order valence-electron chi connectivity index (χ4n) is 6.03. The summed E-state index contributed by atoms with van der Waals surface area (Å²) in [5.74, 6) is 1.37. The van der Waals surface area contributed by atoms with Crippen molar-refractivity contribution >= 4 is 17.7 Å². The minimum absolute atomic E-state index is 0.0201. The van der Waals surface area contributed by atoms with Crippen molar-refractivity contribution in [3.05, 3.63) is 12.2 Å². The summed E-state index contributed by atoms with van der Waals surface area (Å²) < 4.78 is 12.3. The number of ether oxygens (including phenoxy) is 2. The zero-order valence-corrected chi connectivity index (χ0v) is 21.6. The molecule has 3 fully saturated rings. The number of aliphatic hydroxyl groups is 3. The lowest BCUT2D eigenvalue weighted by Gasteiger charge is -2.44. The van der Waals surface area contributed by atoms with Gasteiger partial charge in [-0.1, -0.05) is 26.0 Å². The van der Waals surface area contributed by atoms with E-state index in [0.29, 0.717) is 43.7 Å². The zero-order valence-electron chi connectivity index (χ0n) is 20.8. The van der Waals surface area contributed by atoms with Gasteiger partial charge in [0.1, 0.15) is 35.9 Å². The first kappa shape index (κ1) is 27.3. The van der Waals surface area contributed by atoms with E-state index in [1.165, 1.54) is 18.2 Å². The Morgan fingerprint density at radius 1 is 1.17 bits per heavy atom. The molecule has 0 aliphatic carbocycles. The number of rotatable bonds is 5. The van der Waals surface area contributed by atoms with Crippen LogP contribution in [0.2, 0.25) is 0 Å². The molecule has 4 heterocycles. The predicted octanol–water partition coefficient (Wildman–Crippen LogP) is 0.119. The van der Waals surface area contributed by atoms with Gasteiger partial charge < -0.3 is 41.2 Å². The summed E-state index contributed by atoms with van der Waals surface area (Å²) >= 11 is 1.36. The summed E-state index contributed by atoms with van der Waals surface area (Å²) in [4.78, 5) is 13.5. The molecular formula is C25H43N3O6S.